The second-order valence-corrected chi connectivity index (χ2v) is 2.37. The summed E-state index contributed by atoms with van der Waals surface area (Å²) < 4.78 is 0. The monoisotopic (exact) mass is 255 g/mol. The zero-order valence-corrected chi connectivity index (χ0v) is 8.62. The first-order chi connectivity index (χ1) is 7.93. The van der Waals surface area contributed by atoms with Crippen molar-refractivity contribution in [2.24, 2.45) is 5.28 Å². The van der Waals surface area contributed by atoms with Gasteiger partial charge in [-0.3, -0.25) is 4.84 Å². The van der Waals surface area contributed by atoms with E-state index in [9.17, 15) is 25.4 Å². The minimum Gasteiger partial charge on any atom is -0.569 e. The van der Waals surface area contributed by atoms with Gasteiger partial charge in [-0.1, -0.05) is 0 Å². The molecule has 0 N–H and O–H groups in total. The van der Waals surface area contributed by atoms with Crippen LogP contribution < -0.4 is 0 Å². The highest BCUT2D eigenvalue weighted by molar-refractivity contribution is 4.30. The Kier molecular flexibility index (Phi) is 6.49. The maximum atomic E-state index is 11.0. The number of hydrazine groups is 1. The quantitative estimate of drug-likeness (QED) is 0.127. The zero-order chi connectivity index (χ0) is 13.3. The molecule has 0 heterocycles. The highest BCUT2D eigenvalue weighted by atomic mass is 17.0. The van der Waals surface area contributed by atoms with E-state index < -0.39 is 17.0 Å². The van der Waals surface area contributed by atoms with Gasteiger partial charge in [0.15, 0.2) is 0 Å². The van der Waals surface area contributed by atoms with Crippen molar-refractivity contribution in [1.29, 1.82) is 0 Å². The third kappa shape index (κ3) is 8.40. The SMILES string of the molecule is CN(CCO[N+](=O)[O-])[N+]([O-])=NOCO[N+](=O)[O-]. The summed E-state index contributed by atoms with van der Waals surface area (Å²) in [4.78, 5) is 31.1. The largest absolute Gasteiger partial charge is 0.569 e. The Labute approximate surface area is 93.5 Å². The second kappa shape index (κ2) is 7.66. The fraction of sp³-hybridized carbons (Fsp3) is 1.00. The lowest BCUT2D eigenvalue weighted by atomic mass is 10.7. The molecule has 13 heteroatoms. The van der Waals surface area contributed by atoms with Crippen LogP contribution in [0.2, 0.25) is 0 Å². The molecule has 13 nitrogen and oxygen atoms in total. The van der Waals surface area contributed by atoms with Crippen LogP contribution in [0.5, 0.6) is 0 Å². The summed E-state index contributed by atoms with van der Waals surface area (Å²) in [7, 11) is 1.25. The molecular weight excluding hydrogens is 246 g/mol. The van der Waals surface area contributed by atoms with Gasteiger partial charge in [-0.25, -0.2) is 0 Å². The Morgan fingerprint density at radius 1 is 1.18 bits per heavy atom. The lowest BCUT2D eigenvalue weighted by Crippen LogP contribution is -2.30. The minimum atomic E-state index is -1.13. The highest BCUT2D eigenvalue weighted by Crippen LogP contribution is 1.89. The van der Waals surface area contributed by atoms with Crippen molar-refractivity contribution in [3.8, 4) is 0 Å². The fourth-order valence-corrected chi connectivity index (χ4v) is 0.535. The lowest BCUT2D eigenvalue weighted by molar-refractivity contribution is -0.775. The third-order valence-corrected chi connectivity index (χ3v) is 1.24. The molecule has 0 aliphatic heterocycles. The normalized spacial score (nSPS) is 10.5. The minimum absolute atomic E-state index is 0.0768. The molecular formula is C4H9N5O8. The Hall–Kier alpha value is -2.60. The van der Waals surface area contributed by atoms with Gasteiger partial charge in [0, 0.05) is 0 Å². The molecule has 0 aliphatic rings. The van der Waals surface area contributed by atoms with Crippen LogP contribution in [0, 0.1) is 25.4 Å². The average molecular weight is 255 g/mol. The van der Waals surface area contributed by atoms with E-state index in [1.54, 1.807) is 0 Å². The van der Waals surface area contributed by atoms with Gasteiger partial charge in [0.05, 0.1) is 12.0 Å². The van der Waals surface area contributed by atoms with Crippen molar-refractivity contribution in [3.63, 3.8) is 0 Å². The van der Waals surface area contributed by atoms with Gasteiger partial charge in [0.25, 0.3) is 17.0 Å². The van der Waals surface area contributed by atoms with Crippen LogP contribution in [0.25, 0.3) is 0 Å². The van der Waals surface area contributed by atoms with Crippen molar-refractivity contribution < 1.29 is 29.7 Å². The molecule has 0 aromatic carbocycles. The molecule has 0 aliphatic carbocycles. The van der Waals surface area contributed by atoms with Crippen molar-refractivity contribution in [3.05, 3.63) is 25.4 Å². The second-order valence-electron chi connectivity index (χ2n) is 2.37. The molecule has 0 bridgehead atoms. The standard InChI is InChI=1S/C4H9N5O8/c1-6(2-3-16-8(11)12)7(10)5-15-4-17-9(13)14/h2-4H2,1H3. The van der Waals surface area contributed by atoms with Crippen LogP contribution in [-0.4, -0.2) is 47.1 Å². The van der Waals surface area contributed by atoms with E-state index >= 15 is 0 Å². The number of hydrogen-bond acceptors (Lipinski definition) is 9. The highest BCUT2D eigenvalue weighted by Gasteiger charge is 2.07. The fourth-order valence-electron chi connectivity index (χ4n) is 0.535. The number of likely N-dealkylation sites (N-methyl/N-ethyl adjacent to an activating group) is 1. The summed E-state index contributed by atoms with van der Waals surface area (Å²) in [6, 6.07) is 0. The van der Waals surface area contributed by atoms with E-state index in [1.807, 2.05) is 0 Å². The van der Waals surface area contributed by atoms with E-state index in [0.29, 0.717) is 0 Å². The van der Waals surface area contributed by atoms with Crippen LogP contribution in [0.1, 0.15) is 0 Å². The summed E-state index contributed by atoms with van der Waals surface area (Å²) in [5.41, 5.74) is 0. The van der Waals surface area contributed by atoms with Crippen LogP contribution in [0.15, 0.2) is 5.28 Å². The van der Waals surface area contributed by atoms with E-state index in [0.717, 1.165) is 5.01 Å². The van der Waals surface area contributed by atoms with Gasteiger partial charge in [0.1, 0.15) is 13.2 Å². The van der Waals surface area contributed by atoms with Crippen LogP contribution in [-0.2, 0) is 14.5 Å². The molecule has 0 aromatic rings. The van der Waals surface area contributed by atoms with E-state index in [-0.39, 0.29) is 18.1 Å². The average Bonchev–Trinajstić information content (AvgIpc) is 2.23. The number of rotatable bonds is 9. The smallest absolute Gasteiger partial charge is 0.298 e. The molecule has 0 saturated heterocycles. The predicted octanol–water partition coefficient (Wildman–Crippen LogP) is -0.899. The van der Waals surface area contributed by atoms with Crippen molar-refractivity contribution in [2.45, 2.75) is 0 Å². The van der Waals surface area contributed by atoms with Gasteiger partial charge in [-0.15, -0.1) is 25.2 Å². The number of hydrogen-bond donors (Lipinski definition) is 0. The third-order valence-electron chi connectivity index (χ3n) is 1.24. The van der Waals surface area contributed by atoms with Gasteiger partial charge in [-0.2, -0.15) is 0 Å². The predicted molar refractivity (Wildman–Crippen MR) is 45.7 cm³/mol. The van der Waals surface area contributed by atoms with Crippen molar-refractivity contribution >= 4 is 0 Å². The summed E-state index contributed by atoms with van der Waals surface area (Å²) in [6.07, 6.45) is 0. The summed E-state index contributed by atoms with van der Waals surface area (Å²) >= 11 is 0. The van der Waals surface area contributed by atoms with E-state index in [2.05, 4.69) is 19.8 Å². The van der Waals surface area contributed by atoms with Crippen LogP contribution in [0.3, 0.4) is 0 Å². The van der Waals surface area contributed by atoms with Crippen LogP contribution in [0.4, 0.5) is 0 Å². The first-order valence-electron chi connectivity index (χ1n) is 3.99. The lowest BCUT2D eigenvalue weighted by Gasteiger charge is -2.11. The summed E-state index contributed by atoms with van der Waals surface area (Å²) in [6.45, 7) is -1.32. The molecule has 0 amide bonds. The Balaban J connectivity index is 3.78. The molecule has 0 saturated carbocycles. The Morgan fingerprint density at radius 2 is 1.76 bits per heavy atom. The zero-order valence-electron chi connectivity index (χ0n) is 8.62. The van der Waals surface area contributed by atoms with Gasteiger partial charge in [-0.05, 0) is 0 Å². The summed E-state index contributed by atoms with van der Waals surface area (Å²) in [5.74, 6) is 0. The molecule has 0 aromatic heterocycles. The molecule has 0 atom stereocenters. The van der Waals surface area contributed by atoms with Gasteiger partial charge < -0.3 is 14.9 Å². The topological polar surface area (TPSA) is 156 Å². The van der Waals surface area contributed by atoms with E-state index in [4.69, 9.17) is 0 Å². The first-order valence-corrected chi connectivity index (χ1v) is 3.99. The molecule has 0 radical (unpaired) electrons. The molecule has 0 spiro atoms. The Morgan fingerprint density at radius 3 is 2.29 bits per heavy atom. The molecule has 0 rings (SSSR count). The van der Waals surface area contributed by atoms with Gasteiger partial charge in [0.2, 0.25) is 5.28 Å². The maximum Gasteiger partial charge on any atom is 0.298 e. The molecule has 17 heavy (non-hydrogen) atoms. The van der Waals surface area contributed by atoms with E-state index in [1.165, 1.54) is 7.05 Å². The number of nitrogens with zero attached hydrogens (tertiary/aromatic N) is 5. The van der Waals surface area contributed by atoms with Crippen molar-refractivity contribution in [1.82, 2.24) is 5.01 Å². The summed E-state index contributed by atoms with van der Waals surface area (Å²) in [5, 5.41) is 32.0. The molecule has 0 fully saturated rings. The van der Waals surface area contributed by atoms with Crippen LogP contribution >= 0.6 is 0 Å². The molecule has 0 unspecified atom stereocenters. The molecule has 98 valence electrons. The Bertz CT molecular complexity index is 294. The first kappa shape index (κ1) is 14.4. The van der Waals surface area contributed by atoms with Crippen molar-refractivity contribution in [2.75, 3.05) is 27.0 Å². The maximum absolute atomic E-state index is 11.0. The van der Waals surface area contributed by atoms with Gasteiger partial charge >= 0.3 is 0 Å².